The van der Waals surface area contributed by atoms with E-state index < -0.39 is 0 Å². The zero-order valence-corrected chi connectivity index (χ0v) is 9.13. The summed E-state index contributed by atoms with van der Waals surface area (Å²) in [4.78, 5) is 10.7. The van der Waals surface area contributed by atoms with Gasteiger partial charge < -0.3 is 4.74 Å². The molecule has 0 aliphatic carbocycles. The third-order valence-corrected chi connectivity index (χ3v) is 1.71. The first-order chi connectivity index (χ1) is 6.42. The predicted octanol–water partition coefficient (Wildman–Crippen LogP) is 2.98. The third-order valence-electron chi connectivity index (χ3n) is 1.71. The van der Waals surface area contributed by atoms with Gasteiger partial charge in [-0.3, -0.25) is 4.79 Å². The normalized spacial score (nSPS) is 11.1. The van der Waals surface area contributed by atoms with Crippen LogP contribution in [0.3, 0.4) is 0 Å². The number of hydrogen-bond donors (Lipinski definition) is 0. The molecule has 0 fully saturated rings. The van der Waals surface area contributed by atoms with E-state index in [9.17, 15) is 4.79 Å². The van der Waals surface area contributed by atoms with Gasteiger partial charge in [-0.2, -0.15) is 0 Å². The number of benzene rings is 1. The van der Waals surface area contributed by atoms with Gasteiger partial charge in [0.2, 0.25) is 0 Å². The van der Waals surface area contributed by atoms with Crippen molar-refractivity contribution in [2.45, 2.75) is 33.3 Å². The molecule has 0 spiro atoms. The molecule has 0 N–H and O–H groups in total. The highest BCUT2D eigenvalue weighted by atomic mass is 16.5. The minimum absolute atomic E-state index is 0.272. The van der Waals surface area contributed by atoms with Crippen LogP contribution < -0.4 is 4.74 Å². The van der Waals surface area contributed by atoms with Crippen molar-refractivity contribution in [3.63, 3.8) is 0 Å². The Morgan fingerprint density at radius 3 is 2.43 bits per heavy atom. The van der Waals surface area contributed by atoms with Gasteiger partial charge >= 0.3 is 0 Å². The Bertz CT molecular complexity index is 335. The van der Waals surface area contributed by atoms with E-state index in [1.165, 1.54) is 0 Å². The van der Waals surface area contributed by atoms with E-state index in [0.717, 1.165) is 11.8 Å². The van der Waals surface area contributed by atoms with Crippen molar-refractivity contribution in [2.24, 2.45) is 0 Å². The largest absolute Gasteiger partial charge is 0.487 e. The van der Waals surface area contributed by atoms with E-state index in [4.69, 9.17) is 4.74 Å². The lowest BCUT2D eigenvalue weighted by Gasteiger charge is -2.22. The number of aldehydes is 1. The summed E-state index contributed by atoms with van der Waals surface area (Å²) in [5, 5.41) is 0. The molecular weight excluding hydrogens is 176 g/mol. The van der Waals surface area contributed by atoms with E-state index in [1.807, 2.05) is 39.8 Å². The molecule has 14 heavy (non-hydrogen) atoms. The summed E-state index contributed by atoms with van der Waals surface area (Å²) in [7, 11) is 0. The van der Waals surface area contributed by atoms with Crippen LogP contribution in [-0.4, -0.2) is 11.9 Å². The van der Waals surface area contributed by atoms with Crippen LogP contribution in [0, 0.1) is 6.92 Å². The molecule has 0 radical (unpaired) electrons. The van der Waals surface area contributed by atoms with Gasteiger partial charge in [0.15, 0.2) is 6.29 Å². The van der Waals surface area contributed by atoms with Gasteiger partial charge in [-0.15, -0.1) is 0 Å². The Labute approximate surface area is 84.9 Å². The maximum Gasteiger partial charge on any atom is 0.153 e. The number of carbonyl (C=O) groups is 1. The van der Waals surface area contributed by atoms with Crippen molar-refractivity contribution < 1.29 is 9.53 Å². The molecule has 0 unspecified atom stereocenters. The van der Waals surface area contributed by atoms with E-state index in [-0.39, 0.29) is 5.60 Å². The standard InChI is InChI=1S/C12H16O2/c1-9-5-6-10(8-13)11(7-9)14-12(2,3)4/h5-8H,1-4H3. The van der Waals surface area contributed by atoms with Crippen molar-refractivity contribution in [3.8, 4) is 5.75 Å². The molecule has 0 saturated carbocycles. The molecule has 0 aliphatic heterocycles. The number of hydrogen-bond acceptors (Lipinski definition) is 2. The van der Waals surface area contributed by atoms with Gasteiger partial charge in [0, 0.05) is 0 Å². The van der Waals surface area contributed by atoms with Crippen molar-refractivity contribution in [1.82, 2.24) is 0 Å². The van der Waals surface area contributed by atoms with Crippen molar-refractivity contribution in [2.75, 3.05) is 0 Å². The fraction of sp³-hybridized carbons (Fsp3) is 0.417. The van der Waals surface area contributed by atoms with E-state index in [2.05, 4.69) is 0 Å². The zero-order chi connectivity index (χ0) is 10.8. The van der Waals surface area contributed by atoms with Crippen LogP contribution in [0.15, 0.2) is 18.2 Å². The summed E-state index contributed by atoms with van der Waals surface area (Å²) < 4.78 is 5.67. The second-order valence-electron chi connectivity index (χ2n) is 4.37. The molecule has 1 rings (SSSR count). The summed E-state index contributed by atoms with van der Waals surface area (Å²) in [5.41, 5.74) is 1.42. The minimum Gasteiger partial charge on any atom is -0.487 e. The molecule has 0 aliphatic rings. The summed E-state index contributed by atoms with van der Waals surface area (Å²) in [5.74, 6) is 0.660. The van der Waals surface area contributed by atoms with Crippen molar-refractivity contribution in [3.05, 3.63) is 29.3 Å². The highest BCUT2D eigenvalue weighted by molar-refractivity contribution is 5.79. The lowest BCUT2D eigenvalue weighted by molar-refractivity contribution is 0.109. The fourth-order valence-corrected chi connectivity index (χ4v) is 1.16. The van der Waals surface area contributed by atoms with Crippen LogP contribution in [0.2, 0.25) is 0 Å². The van der Waals surface area contributed by atoms with Crippen molar-refractivity contribution >= 4 is 6.29 Å². The van der Waals surface area contributed by atoms with Crippen LogP contribution in [0.1, 0.15) is 36.7 Å². The molecule has 0 saturated heterocycles. The highest BCUT2D eigenvalue weighted by Crippen LogP contribution is 2.23. The summed E-state index contributed by atoms with van der Waals surface area (Å²) >= 11 is 0. The lowest BCUT2D eigenvalue weighted by atomic mass is 10.1. The Morgan fingerprint density at radius 1 is 1.29 bits per heavy atom. The quantitative estimate of drug-likeness (QED) is 0.673. The van der Waals surface area contributed by atoms with E-state index in [1.54, 1.807) is 6.07 Å². The van der Waals surface area contributed by atoms with Gasteiger partial charge in [-0.25, -0.2) is 0 Å². The topological polar surface area (TPSA) is 26.3 Å². The molecule has 0 amide bonds. The average molecular weight is 192 g/mol. The number of aryl methyl sites for hydroxylation is 1. The minimum atomic E-state index is -0.272. The van der Waals surface area contributed by atoms with Crippen LogP contribution >= 0.6 is 0 Å². The maximum absolute atomic E-state index is 10.7. The third kappa shape index (κ3) is 2.87. The van der Waals surface area contributed by atoms with Gasteiger partial charge in [0.05, 0.1) is 5.56 Å². The van der Waals surface area contributed by atoms with Gasteiger partial charge in [-0.1, -0.05) is 6.07 Å². The second kappa shape index (κ2) is 3.82. The molecule has 2 nitrogen and oxygen atoms in total. The molecular formula is C12H16O2. The van der Waals surface area contributed by atoms with Gasteiger partial charge in [-0.05, 0) is 45.4 Å². The first-order valence-electron chi connectivity index (χ1n) is 4.67. The second-order valence-corrected chi connectivity index (χ2v) is 4.37. The Morgan fingerprint density at radius 2 is 1.93 bits per heavy atom. The van der Waals surface area contributed by atoms with Crippen LogP contribution in [0.5, 0.6) is 5.75 Å². The summed E-state index contributed by atoms with van der Waals surface area (Å²) in [6, 6.07) is 5.57. The lowest BCUT2D eigenvalue weighted by Crippen LogP contribution is -2.23. The van der Waals surface area contributed by atoms with E-state index >= 15 is 0 Å². The molecule has 0 bridgehead atoms. The predicted molar refractivity (Wildman–Crippen MR) is 56.9 cm³/mol. The van der Waals surface area contributed by atoms with Crippen LogP contribution in [0.4, 0.5) is 0 Å². The first kappa shape index (κ1) is 10.8. The molecule has 0 heterocycles. The molecule has 1 aromatic carbocycles. The van der Waals surface area contributed by atoms with Crippen LogP contribution in [-0.2, 0) is 0 Å². The molecule has 76 valence electrons. The average Bonchev–Trinajstić information content (AvgIpc) is 2.01. The molecule has 2 heteroatoms. The fourth-order valence-electron chi connectivity index (χ4n) is 1.16. The summed E-state index contributed by atoms with van der Waals surface area (Å²) in [6.07, 6.45) is 0.820. The monoisotopic (exact) mass is 192 g/mol. The number of ether oxygens (including phenoxy) is 1. The van der Waals surface area contributed by atoms with Crippen LogP contribution in [0.25, 0.3) is 0 Å². The van der Waals surface area contributed by atoms with E-state index in [0.29, 0.717) is 11.3 Å². The number of carbonyl (C=O) groups excluding carboxylic acids is 1. The Hall–Kier alpha value is -1.31. The smallest absolute Gasteiger partial charge is 0.153 e. The SMILES string of the molecule is Cc1ccc(C=O)c(OC(C)(C)C)c1. The number of rotatable bonds is 2. The molecule has 0 aromatic heterocycles. The van der Waals surface area contributed by atoms with Gasteiger partial charge in [0.1, 0.15) is 11.4 Å². The molecule has 0 atom stereocenters. The first-order valence-corrected chi connectivity index (χ1v) is 4.67. The Balaban J connectivity index is 3.05. The summed E-state index contributed by atoms with van der Waals surface area (Å²) in [6.45, 7) is 7.86. The maximum atomic E-state index is 10.7. The highest BCUT2D eigenvalue weighted by Gasteiger charge is 2.14. The van der Waals surface area contributed by atoms with Gasteiger partial charge in [0.25, 0.3) is 0 Å². The van der Waals surface area contributed by atoms with Crippen molar-refractivity contribution in [1.29, 1.82) is 0 Å². The zero-order valence-electron chi connectivity index (χ0n) is 9.13. The Kier molecular flexibility index (Phi) is 2.94. The molecule has 1 aromatic rings.